The van der Waals surface area contributed by atoms with Crippen LogP contribution in [-0.4, -0.2) is 35.1 Å². The third-order valence-corrected chi connectivity index (χ3v) is 9.07. The number of amides is 1. The molecule has 0 bridgehead atoms. The van der Waals surface area contributed by atoms with Crippen molar-refractivity contribution >= 4 is 5.91 Å². The molecule has 1 amide bonds. The van der Waals surface area contributed by atoms with E-state index in [1.165, 1.54) is 31.3 Å². The van der Waals surface area contributed by atoms with Crippen LogP contribution in [0.3, 0.4) is 0 Å². The number of hydrogen-bond donors (Lipinski definition) is 1. The molecule has 1 aliphatic heterocycles. The second-order valence-electron chi connectivity index (χ2n) is 10.3. The van der Waals surface area contributed by atoms with Crippen LogP contribution in [0.2, 0.25) is 0 Å². The highest BCUT2D eigenvalue weighted by Gasteiger charge is 2.61. The molecule has 0 spiro atoms. The summed E-state index contributed by atoms with van der Waals surface area (Å²) in [6.07, 6.45) is 14.6. The number of rotatable bonds is 1. The molecule has 3 nitrogen and oxygen atoms in total. The van der Waals surface area contributed by atoms with Gasteiger partial charge in [0.1, 0.15) is 0 Å². The second kappa shape index (κ2) is 5.47. The molecule has 1 heterocycles. The Bertz CT molecular complexity index is 692. The smallest absolute Gasteiger partial charge is 0.246 e. The van der Waals surface area contributed by atoms with Crippen LogP contribution in [0.1, 0.15) is 58.8 Å². The van der Waals surface area contributed by atoms with E-state index < -0.39 is 0 Å². The topological polar surface area (TPSA) is 40.5 Å². The highest BCUT2D eigenvalue weighted by atomic mass is 16.3. The maximum absolute atomic E-state index is 12.2. The minimum atomic E-state index is -0.231. The molecule has 5 rings (SSSR count). The zero-order valence-electron chi connectivity index (χ0n) is 16.4. The van der Waals surface area contributed by atoms with Gasteiger partial charge in [-0.05, 0) is 80.3 Å². The Kier molecular flexibility index (Phi) is 3.58. The first-order valence-electron chi connectivity index (χ1n) is 10.7. The van der Waals surface area contributed by atoms with Gasteiger partial charge in [0.05, 0.1) is 6.10 Å². The van der Waals surface area contributed by atoms with E-state index >= 15 is 0 Å². The van der Waals surface area contributed by atoms with Gasteiger partial charge in [-0.1, -0.05) is 26.0 Å². The highest BCUT2D eigenvalue weighted by molar-refractivity contribution is 5.89. The Morgan fingerprint density at radius 1 is 1.15 bits per heavy atom. The summed E-state index contributed by atoms with van der Waals surface area (Å²) in [6.45, 7) is 4.75. The average molecular weight is 356 g/mol. The van der Waals surface area contributed by atoms with E-state index in [1.54, 1.807) is 0 Å². The lowest BCUT2D eigenvalue weighted by atomic mass is 9.48. The van der Waals surface area contributed by atoms with E-state index in [1.807, 2.05) is 18.0 Å². The Labute approximate surface area is 157 Å². The lowest BCUT2D eigenvalue weighted by Gasteiger charge is -2.59. The van der Waals surface area contributed by atoms with Crippen molar-refractivity contribution in [3.63, 3.8) is 0 Å². The number of aliphatic hydroxyl groups excluding tert-OH is 1. The first-order chi connectivity index (χ1) is 12.3. The fourth-order valence-electron chi connectivity index (χ4n) is 7.32. The Balaban J connectivity index is 1.48. The molecule has 142 valence electrons. The molecule has 4 aliphatic carbocycles. The first kappa shape index (κ1) is 17.0. The van der Waals surface area contributed by atoms with Crippen LogP contribution >= 0.6 is 0 Å². The third kappa shape index (κ3) is 2.19. The van der Waals surface area contributed by atoms with Crippen molar-refractivity contribution in [3.05, 3.63) is 23.8 Å². The van der Waals surface area contributed by atoms with Crippen LogP contribution < -0.4 is 0 Å². The van der Waals surface area contributed by atoms with Gasteiger partial charge in [0.2, 0.25) is 5.91 Å². The summed E-state index contributed by atoms with van der Waals surface area (Å²) in [6, 6.07) is 0.346. The summed E-state index contributed by atoms with van der Waals surface area (Å²) in [5, 5.41) is 11.1. The van der Waals surface area contributed by atoms with Crippen LogP contribution in [0.15, 0.2) is 23.8 Å². The van der Waals surface area contributed by atoms with Crippen LogP contribution in [0, 0.1) is 34.5 Å². The van der Waals surface area contributed by atoms with E-state index in [2.05, 4.69) is 26.0 Å². The monoisotopic (exact) mass is 355 g/mol. The van der Waals surface area contributed by atoms with Crippen LogP contribution in [0.25, 0.3) is 0 Å². The van der Waals surface area contributed by atoms with Gasteiger partial charge in [-0.2, -0.15) is 0 Å². The van der Waals surface area contributed by atoms with Crippen molar-refractivity contribution in [2.75, 3.05) is 7.05 Å². The van der Waals surface area contributed by atoms with Crippen molar-refractivity contribution in [2.24, 2.45) is 34.5 Å². The average Bonchev–Trinajstić information content (AvgIpc) is 3.39. The molecule has 0 aromatic heterocycles. The molecule has 4 saturated carbocycles. The molecule has 5 aliphatic rings. The molecule has 3 heteroatoms. The standard InChI is InChI=1S/C23H33NO2/c1-22-11-9-20(25)24(3)19(22)7-6-16-17(22)8-10-23(2)18(16)13-15(21(23)26)12-14-4-5-14/h9,11-12,14,16-19,21,26H,4-8,10,13H2,1-3H3/b15-12-/t16-,17+,18+,19-,21+,22-,23+/m1/s1. The van der Waals surface area contributed by atoms with Gasteiger partial charge in [-0.3, -0.25) is 4.79 Å². The number of fused-ring (bicyclic) bond motifs is 5. The summed E-state index contributed by atoms with van der Waals surface area (Å²) < 4.78 is 0. The Morgan fingerprint density at radius 3 is 2.65 bits per heavy atom. The lowest BCUT2D eigenvalue weighted by molar-refractivity contribution is -0.140. The molecule has 26 heavy (non-hydrogen) atoms. The fraction of sp³-hybridized carbons (Fsp3) is 0.783. The van der Waals surface area contributed by atoms with E-state index in [9.17, 15) is 9.90 Å². The summed E-state index contributed by atoms with van der Waals surface area (Å²) in [4.78, 5) is 14.2. The Hall–Kier alpha value is -1.09. The minimum Gasteiger partial charge on any atom is -0.388 e. The number of carbonyl (C=O) groups excluding carboxylic acids is 1. The van der Waals surface area contributed by atoms with Gasteiger partial charge >= 0.3 is 0 Å². The predicted octanol–water partition coefficient (Wildman–Crippen LogP) is 3.93. The van der Waals surface area contributed by atoms with Crippen LogP contribution in [0.4, 0.5) is 0 Å². The molecule has 7 atom stereocenters. The van der Waals surface area contributed by atoms with Crippen molar-refractivity contribution in [1.82, 2.24) is 4.90 Å². The highest BCUT2D eigenvalue weighted by Crippen LogP contribution is 2.65. The quantitative estimate of drug-likeness (QED) is 0.724. The number of aliphatic hydroxyl groups is 1. The zero-order chi connectivity index (χ0) is 18.3. The van der Waals surface area contributed by atoms with Crippen molar-refractivity contribution in [1.29, 1.82) is 0 Å². The molecular weight excluding hydrogens is 322 g/mol. The van der Waals surface area contributed by atoms with Gasteiger partial charge < -0.3 is 10.0 Å². The fourth-order valence-corrected chi connectivity index (χ4v) is 7.32. The third-order valence-electron chi connectivity index (χ3n) is 9.07. The summed E-state index contributed by atoms with van der Waals surface area (Å²) in [5.74, 6) is 2.83. The second-order valence-corrected chi connectivity index (χ2v) is 10.3. The molecular formula is C23H33NO2. The molecule has 1 N–H and O–H groups in total. The van der Waals surface area contributed by atoms with Crippen molar-refractivity contribution in [3.8, 4) is 0 Å². The largest absolute Gasteiger partial charge is 0.388 e. The Morgan fingerprint density at radius 2 is 1.92 bits per heavy atom. The lowest BCUT2D eigenvalue weighted by Crippen LogP contribution is -2.59. The molecule has 0 aromatic rings. The summed E-state index contributed by atoms with van der Waals surface area (Å²) >= 11 is 0. The van der Waals surface area contributed by atoms with Gasteiger partial charge in [0.25, 0.3) is 0 Å². The summed E-state index contributed by atoms with van der Waals surface area (Å²) in [5.41, 5.74) is 1.51. The number of carbonyl (C=O) groups is 1. The predicted molar refractivity (Wildman–Crippen MR) is 102 cm³/mol. The van der Waals surface area contributed by atoms with Gasteiger partial charge in [-0.25, -0.2) is 0 Å². The molecule has 0 aromatic carbocycles. The molecule has 0 radical (unpaired) electrons. The number of likely N-dealkylation sites (N-methyl/N-ethyl adjacent to an activating group) is 1. The number of hydrogen-bond acceptors (Lipinski definition) is 2. The van der Waals surface area contributed by atoms with Gasteiger partial charge in [-0.15, -0.1) is 0 Å². The minimum absolute atomic E-state index is 0.0607. The molecule has 0 unspecified atom stereocenters. The first-order valence-corrected chi connectivity index (χ1v) is 10.7. The van der Waals surface area contributed by atoms with Crippen molar-refractivity contribution < 1.29 is 9.90 Å². The zero-order valence-corrected chi connectivity index (χ0v) is 16.4. The van der Waals surface area contributed by atoms with E-state index in [0.717, 1.165) is 25.2 Å². The van der Waals surface area contributed by atoms with Crippen molar-refractivity contribution in [2.45, 2.75) is 70.9 Å². The van der Waals surface area contributed by atoms with E-state index in [4.69, 9.17) is 0 Å². The number of allylic oxidation sites excluding steroid dienone is 1. The maximum atomic E-state index is 12.2. The molecule has 4 fully saturated rings. The van der Waals surface area contributed by atoms with Gasteiger partial charge in [0, 0.05) is 23.9 Å². The maximum Gasteiger partial charge on any atom is 0.246 e. The van der Waals surface area contributed by atoms with Crippen LogP contribution in [-0.2, 0) is 4.79 Å². The SMILES string of the molecule is CN1C(=O)C=C[C@]2(C)[C@H]3CC[C@]4(C)[C@@H](O)/C(=C\C5CC5)C[C@H]4[C@@H]3CC[C@@H]12. The normalized spacial score (nSPS) is 52.0. The molecule has 0 saturated heterocycles. The summed E-state index contributed by atoms with van der Waals surface area (Å²) in [7, 11) is 1.98. The van der Waals surface area contributed by atoms with Gasteiger partial charge in [0.15, 0.2) is 0 Å². The van der Waals surface area contributed by atoms with E-state index in [0.29, 0.717) is 23.8 Å². The number of nitrogens with zero attached hydrogens (tertiary/aromatic N) is 1. The van der Waals surface area contributed by atoms with E-state index in [-0.39, 0.29) is 22.8 Å². The van der Waals surface area contributed by atoms with Crippen LogP contribution in [0.5, 0.6) is 0 Å².